The van der Waals surface area contributed by atoms with Gasteiger partial charge in [-0.1, -0.05) is 47.7 Å². The summed E-state index contributed by atoms with van der Waals surface area (Å²) >= 11 is 2.95. The molecular weight excluding hydrogens is 462 g/mol. The quantitative estimate of drug-likeness (QED) is 0.277. The molecule has 0 radical (unpaired) electrons. The summed E-state index contributed by atoms with van der Waals surface area (Å²) in [6.07, 6.45) is 3.03. The molecule has 2 aromatic carbocycles. The molecule has 4 aromatic rings. The number of rotatable bonds is 5. The van der Waals surface area contributed by atoms with E-state index in [1.807, 2.05) is 70.2 Å². The number of para-hydroxylation sites is 1. The molecule has 7 heteroatoms. The number of anilines is 1. The van der Waals surface area contributed by atoms with Gasteiger partial charge in [-0.25, -0.2) is 4.98 Å². The fourth-order valence-corrected chi connectivity index (χ4v) is 6.70. The molecular formula is C27H27N3O2S2. The molecule has 2 heterocycles. The average molecular weight is 490 g/mol. The summed E-state index contributed by atoms with van der Waals surface area (Å²) in [5, 5.41) is 3.93. The number of nitrogens with one attached hydrogen (secondary N) is 1. The van der Waals surface area contributed by atoms with Gasteiger partial charge in [0.05, 0.1) is 16.3 Å². The molecule has 5 rings (SSSR count). The standard InChI is InChI=1S/C27H27N3O2S2/c1-15-11-13-19(14-12-15)30-26(32)22-20-9-6-10-21(20)34-25(22)29-27(30)33-18(4)24(31)28-23-16(2)7-5-8-17(23)3/h5,7-8,11-14,18H,6,9-10H2,1-4H3,(H,28,31). The van der Waals surface area contributed by atoms with Gasteiger partial charge in [-0.15, -0.1) is 11.3 Å². The second-order valence-corrected chi connectivity index (χ2v) is 11.3. The molecule has 0 spiro atoms. The van der Waals surface area contributed by atoms with Gasteiger partial charge in [0, 0.05) is 10.6 Å². The highest BCUT2D eigenvalue weighted by atomic mass is 32.2. The molecule has 2 aromatic heterocycles. The van der Waals surface area contributed by atoms with E-state index in [2.05, 4.69) is 5.32 Å². The van der Waals surface area contributed by atoms with Gasteiger partial charge < -0.3 is 5.32 Å². The first-order valence-electron chi connectivity index (χ1n) is 11.5. The Labute approximate surface area is 207 Å². The normalized spacial score (nSPS) is 13.8. The number of hydrogen-bond donors (Lipinski definition) is 1. The monoisotopic (exact) mass is 489 g/mol. The molecule has 5 nitrogen and oxygen atoms in total. The predicted octanol–water partition coefficient (Wildman–Crippen LogP) is 5.98. The maximum atomic E-state index is 13.8. The van der Waals surface area contributed by atoms with Crippen LogP contribution in [0.4, 0.5) is 5.69 Å². The van der Waals surface area contributed by atoms with E-state index in [-0.39, 0.29) is 11.5 Å². The highest BCUT2D eigenvalue weighted by molar-refractivity contribution is 8.00. The molecule has 1 atom stereocenters. The lowest BCUT2D eigenvalue weighted by Gasteiger charge is -2.17. The molecule has 34 heavy (non-hydrogen) atoms. The molecule has 1 aliphatic carbocycles. The average Bonchev–Trinajstić information content (AvgIpc) is 3.38. The first kappa shape index (κ1) is 22.9. The van der Waals surface area contributed by atoms with Crippen LogP contribution in [0.3, 0.4) is 0 Å². The topological polar surface area (TPSA) is 64.0 Å². The minimum atomic E-state index is -0.438. The maximum absolute atomic E-state index is 13.8. The Morgan fingerprint density at radius 1 is 1.09 bits per heavy atom. The molecule has 0 saturated heterocycles. The van der Waals surface area contributed by atoms with Gasteiger partial charge in [0.1, 0.15) is 4.83 Å². The predicted molar refractivity (Wildman–Crippen MR) is 142 cm³/mol. The van der Waals surface area contributed by atoms with Crippen LogP contribution < -0.4 is 10.9 Å². The van der Waals surface area contributed by atoms with E-state index < -0.39 is 5.25 Å². The Morgan fingerprint density at radius 3 is 2.50 bits per heavy atom. The third kappa shape index (κ3) is 4.07. The summed E-state index contributed by atoms with van der Waals surface area (Å²) in [5.41, 5.74) is 5.90. The number of benzene rings is 2. The summed E-state index contributed by atoms with van der Waals surface area (Å²) in [4.78, 5) is 33.9. The third-order valence-electron chi connectivity index (χ3n) is 6.38. The minimum absolute atomic E-state index is 0.0434. The number of amides is 1. The number of carbonyl (C=O) groups excluding carboxylic acids is 1. The van der Waals surface area contributed by atoms with Crippen LogP contribution in [-0.2, 0) is 17.6 Å². The Morgan fingerprint density at radius 2 is 1.79 bits per heavy atom. The largest absolute Gasteiger partial charge is 0.325 e. The Kier molecular flexibility index (Phi) is 6.08. The second kappa shape index (κ2) is 9.04. The fraction of sp³-hybridized carbons (Fsp3) is 0.296. The van der Waals surface area contributed by atoms with Crippen LogP contribution in [0, 0.1) is 20.8 Å². The molecule has 1 amide bonds. The number of carbonyl (C=O) groups is 1. The van der Waals surface area contributed by atoms with Gasteiger partial charge in [0.25, 0.3) is 5.56 Å². The summed E-state index contributed by atoms with van der Waals surface area (Å²) in [7, 11) is 0. The molecule has 0 aliphatic heterocycles. The molecule has 1 aliphatic rings. The van der Waals surface area contributed by atoms with Gasteiger partial charge in [-0.05, 0) is 75.8 Å². The summed E-state index contributed by atoms with van der Waals surface area (Å²) in [6, 6.07) is 13.8. The van der Waals surface area contributed by atoms with E-state index in [4.69, 9.17) is 4.98 Å². The summed E-state index contributed by atoms with van der Waals surface area (Å²) in [6.45, 7) is 7.86. The highest BCUT2D eigenvalue weighted by Gasteiger charge is 2.26. The van der Waals surface area contributed by atoms with Crippen molar-refractivity contribution < 1.29 is 4.79 Å². The van der Waals surface area contributed by atoms with Gasteiger partial charge in [0.15, 0.2) is 5.16 Å². The van der Waals surface area contributed by atoms with Crippen LogP contribution in [0.2, 0.25) is 0 Å². The minimum Gasteiger partial charge on any atom is -0.325 e. The zero-order valence-electron chi connectivity index (χ0n) is 19.8. The number of thiophene rings is 1. The van der Waals surface area contributed by atoms with Crippen molar-refractivity contribution in [3.63, 3.8) is 0 Å². The zero-order valence-corrected chi connectivity index (χ0v) is 21.4. The lowest BCUT2D eigenvalue weighted by molar-refractivity contribution is -0.115. The van der Waals surface area contributed by atoms with E-state index in [0.717, 1.165) is 63.1 Å². The highest BCUT2D eigenvalue weighted by Crippen LogP contribution is 2.36. The van der Waals surface area contributed by atoms with Crippen molar-refractivity contribution in [3.05, 3.63) is 79.9 Å². The summed E-state index contributed by atoms with van der Waals surface area (Å²) in [5.74, 6) is -0.110. The van der Waals surface area contributed by atoms with Gasteiger partial charge in [-0.2, -0.15) is 0 Å². The van der Waals surface area contributed by atoms with Crippen molar-refractivity contribution in [2.24, 2.45) is 0 Å². The molecule has 0 fully saturated rings. The van der Waals surface area contributed by atoms with Gasteiger partial charge >= 0.3 is 0 Å². The van der Waals surface area contributed by atoms with Crippen molar-refractivity contribution in [2.75, 3.05) is 5.32 Å². The number of hydrogen-bond acceptors (Lipinski definition) is 5. The molecule has 1 N–H and O–H groups in total. The van der Waals surface area contributed by atoms with E-state index in [1.165, 1.54) is 16.6 Å². The summed E-state index contributed by atoms with van der Waals surface area (Å²) < 4.78 is 1.68. The molecule has 174 valence electrons. The van der Waals surface area contributed by atoms with E-state index in [9.17, 15) is 9.59 Å². The van der Waals surface area contributed by atoms with Gasteiger partial charge in [0.2, 0.25) is 5.91 Å². The Balaban J connectivity index is 1.55. The van der Waals surface area contributed by atoms with E-state index >= 15 is 0 Å². The first-order valence-corrected chi connectivity index (χ1v) is 13.2. The molecule has 0 bridgehead atoms. The van der Waals surface area contributed by atoms with E-state index in [0.29, 0.717) is 5.16 Å². The van der Waals surface area contributed by atoms with Crippen molar-refractivity contribution in [1.29, 1.82) is 0 Å². The van der Waals surface area contributed by atoms with Crippen LogP contribution in [0.1, 0.15) is 40.5 Å². The first-order chi connectivity index (χ1) is 16.3. The molecule has 1 unspecified atom stereocenters. The number of aryl methyl sites for hydroxylation is 5. The number of nitrogens with zero attached hydrogens (tertiary/aromatic N) is 2. The van der Waals surface area contributed by atoms with Gasteiger partial charge in [-0.3, -0.25) is 14.2 Å². The number of aromatic nitrogens is 2. The Hall–Kier alpha value is -2.90. The van der Waals surface area contributed by atoms with Crippen molar-refractivity contribution in [1.82, 2.24) is 9.55 Å². The lowest BCUT2D eigenvalue weighted by Crippen LogP contribution is -2.26. The number of fused-ring (bicyclic) bond motifs is 3. The third-order valence-corrected chi connectivity index (χ3v) is 8.62. The van der Waals surface area contributed by atoms with Crippen LogP contribution in [-0.4, -0.2) is 20.7 Å². The van der Waals surface area contributed by atoms with Crippen molar-refractivity contribution in [2.45, 2.75) is 57.4 Å². The van der Waals surface area contributed by atoms with Crippen LogP contribution in [0.15, 0.2) is 52.4 Å². The van der Waals surface area contributed by atoms with Crippen LogP contribution in [0.5, 0.6) is 0 Å². The smallest absolute Gasteiger partial charge is 0.267 e. The molecule has 0 saturated carbocycles. The Bertz CT molecular complexity index is 1450. The van der Waals surface area contributed by atoms with Crippen LogP contribution in [0.25, 0.3) is 15.9 Å². The lowest BCUT2D eigenvalue weighted by atomic mass is 10.1. The van der Waals surface area contributed by atoms with E-state index in [1.54, 1.807) is 15.9 Å². The second-order valence-electron chi connectivity index (χ2n) is 8.92. The van der Waals surface area contributed by atoms with Crippen molar-refractivity contribution >= 4 is 44.9 Å². The zero-order chi connectivity index (χ0) is 24.0. The number of thioether (sulfide) groups is 1. The fourth-order valence-electron chi connectivity index (χ4n) is 4.47. The van der Waals surface area contributed by atoms with Crippen molar-refractivity contribution in [3.8, 4) is 5.69 Å². The maximum Gasteiger partial charge on any atom is 0.267 e. The SMILES string of the molecule is Cc1ccc(-n2c(SC(C)C(=O)Nc3c(C)cccc3C)nc3sc4c(c3c2=O)CCC4)cc1. The van der Waals surface area contributed by atoms with Crippen LogP contribution >= 0.6 is 23.1 Å².